The van der Waals surface area contributed by atoms with Crippen molar-refractivity contribution in [1.82, 2.24) is 19.8 Å². The average Bonchev–Trinajstić information content (AvgIpc) is 2.86. The molecule has 0 aliphatic heterocycles. The van der Waals surface area contributed by atoms with E-state index in [1.165, 1.54) is 0 Å². The number of aryl methyl sites for hydroxylation is 1. The van der Waals surface area contributed by atoms with Crippen LogP contribution in [0, 0.1) is 0 Å². The Bertz CT molecular complexity index is 386. The number of nitrogens with zero attached hydrogens (tertiary/aromatic N) is 3. The highest BCUT2D eigenvalue weighted by Crippen LogP contribution is 2.11. The number of carbonyl (C=O) groups is 1. The molecule has 0 saturated heterocycles. The molecule has 0 fully saturated rings. The summed E-state index contributed by atoms with van der Waals surface area (Å²) >= 11 is 0. The number of hydrogen-bond acceptors (Lipinski definition) is 4. The highest BCUT2D eigenvalue weighted by atomic mass is 16.1. The van der Waals surface area contributed by atoms with Gasteiger partial charge >= 0.3 is 0 Å². The SMILES string of the molecule is CCN(CC)CCNC(C(N)=O)c1cncn1CC. The van der Waals surface area contributed by atoms with Crippen LogP contribution < -0.4 is 11.1 Å². The normalized spacial score (nSPS) is 12.8. The lowest BCUT2D eigenvalue weighted by Crippen LogP contribution is -2.39. The minimum Gasteiger partial charge on any atom is -0.368 e. The van der Waals surface area contributed by atoms with Crippen molar-refractivity contribution in [2.45, 2.75) is 33.4 Å². The van der Waals surface area contributed by atoms with Crippen molar-refractivity contribution in [3.05, 3.63) is 18.2 Å². The van der Waals surface area contributed by atoms with Crippen molar-refractivity contribution >= 4 is 5.91 Å². The zero-order valence-electron chi connectivity index (χ0n) is 12.1. The molecule has 19 heavy (non-hydrogen) atoms. The number of hydrogen-bond donors (Lipinski definition) is 2. The maximum absolute atomic E-state index is 11.6. The highest BCUT2D eigenvalue weighted by Gasteiger charge is 2.20. The van der Waals surface area contributed by atoms with E-state index in [9.17, 15) is 4.79 Å². The Balaban J connectivity index is 2.62. The Labute approximate surface area is 115 Å². The van der Waals surface area contributed by atoms with Gasteiger partial charge in [0, 0.05) is 19.6 Å². The Hall–Kier alpha value is -1.40. The molecule has 3 N–H and O–H groups in total. The van der Waals surface area contributed by atoms with Crippen LogP contribution in [0.3, 0.4) is 0 Å². The maximum Gasteiger partial charge on any atom is 0.240 e. The Morgan fingerprint density at radius 3 is 2.68 bits per heavy atom. The molecule has 0 aromatic carbocycles. The van der Waals surface area contributed by atoms with Crippen LogP contribution in [-0.2, 0) is 11.3 Å². The number of carbonyl (C=O) groups excluding carboxylic acids is 1. The van der Waals surface area contributed by atoms with Crippen molar-refractivity contribution in [3.63, 3.8) is 0 Å². The standard InChI is InChI=1S/C13H25N5O/c1-4-17(5-2)8-7-16-12(13(14)19)11-9-15-10-18(11)6-3/h9-10,12,16H,4-8H2,1-3H3,(H2,14,19). The molecule has 0 aliphatic carbocycles. The van der Waals surface area contributed by atoms with Crippen molar-refractivity contribution in [3.8, 4) is 0 Å². The van der Waals surface area contributed by atoms with Gasteiger partial charge in [0.1, 0.15) is 6.04 Å². The number of rotatable bonds is 9. The fourth-order valence-corrected chi connectivity index (χ4v) is 2.09. The molecule has 0 saturated carbocycles. The number of aromatic nitrogens is 2. The fourth-order valence-electron chi connectivity index (χ4n) is 2.09. The van der Waals surface area contributed by atoms with E-state index in [0.29, 0.717) is 0 Å². The third kappa shape index (κ3) is 4.33. The molecule has 1 unspecified atom stereocenters. The first-order chi connectivity index (χ1) is 9.13. The van der Waals surface area contributed by atoms with Crippen molar-refractivity contribution in [1.29, 1.82) is 0 Å². The number of likely N-dealkylation sites (N-methyl/N-ethyl adjacent to an activating group) is 1. The number of imidazole rings is 1. The molecule has 108 valence electrons. The van der Waals surface area contributed by atoms with E-state index in [2.05, 4.69) is 29.0 Å². The van der Waals surface area contributed by atoms with Gasteiger partial charge in [-0.25, -0.2) is 4.98 Å². The molecule has 0 radical (unpaired) electrons. The molecule has 0 aliphatic rings. The maximum atomic E-state index is 11.6. The Kier molecular flexibility index (Phi) is 6.52. The summed E-state index contributed by atoms with van der Waals surface area (Å²) in [5, 5.41) is 3.22. The second kappa shape index (κ2) is 7.91. The van der Waals surface area contributed by atoms with Crippen LogP contribution in [0.5, 0.6) is 0 Å². The summed E-state index contributed by atoms with van der Waals surface area (Å²) < 4.78 is 1.93. The Morgan fingerprint density at radius 2 is 2.16 bits per heavy atom. The Morgan fingerprint density at radius 1 is 1.47 bits per heavy atom. The number of amides is 1. The van der Waals surface area contributed by atoms with Crippen LogP contribution in [0.1, 0.15) is 32.5 Å². The smallest absolute Gasteiger partial charge is 0.240 e. The molecule has 1 rings (SSSR count). The molecular formula is C13H25N5O. The molecule has 0 bridgehead atoms. The molecule has 6 nitrogen and oxygen atoms in total. The number of primary amides is 1. The van der Waals surface area contributed by atoms with Crippen molar-refractivity contribution < 1.29 is 4.79 Å². The van der Waals surface area contributed by atoms with E-state index in [0.717, 1.165) is 38.4 Å². The second-order valence-electron chi connectivity index (χ2n) is 4.42. The minimum absolute atomic E-state index is 0.366. The van der Waals surface area contributed by atoms with Gasteiger partial charge in [0.15, 0.2) is 0 Å². The monoisotopic (exact) mass is 267 g/mol. The molecule has 0 spiro atoms. The van der Waals surface area contributed by atoms with Gasteiger partial charge in [0.05, 0.1) is 18.2 Å². The van der Waals surface area contributed by atoms with Crippen LogP contribution in [0.25, 0.3) is 0 Å². The topological polar surface area (TPSA) is 76.2 Å². The molecule has 1 aromatic rings. The summed E-state index contributed by atoms with van der Waals surface area (Å²) in [5.41, 5.74) is 6.31. The third-order valence-electron chi connectivity index (χ3n) is 3.34. The quantitative estimate of drug-likeness (QED) is 0.677. The summed E-state index contributed by atoms with van der Waals surface area (Å²) in [6, 6.07) is -0.474. The number of nitrogens with two attached hydrogens (primary N) is 1. The van der Waals surface area contributed by atoms with Crippen LogP contribution in [0.15, 0.2) is 12.5 Å². The molecule has 1 heterocycles. The molecule has 1 atom stereocenters. The average molecular weight is 267 g/mol. The zero-order valence-corrected chi connectivity index (χ0v) is 12.1. The predicted octanol–water partition coefficient (Wildman–Crippen LogP) is 0.361. The lowest BCUT2D eigenvalue weighted by molar-refractivity contribution is -0.120. The van der Waals surface area contributed by atoms with Crippen molar-refractivity contribution in [2.75, 3.05) is 26.2 Å². The lowest BCUT2D eigenvalue weighted by Gasteiger charge is -2.21. The van der Waals surface area contributed by atoms with E-state index in [-0.39, 0.29) is 5.91 Å². The first-order valence-corrected chi connectivity index (χ1v) is 6.89. The third-order valence-corrected chi connectivity index (χ3v) is 3.34. The highest BCUT2D eigenvalue weighted by molar-refractivity contribution is 5.80. The molecule has 1 aromatic heterocycles. The van der Waals surface area contributed by atoms with E-state index in [4.69, 9.17) is 5.73 Å². The van der Waals surface area contributed by atoms with Crippen LogP contribution >= 0.6 is 0 Å². The summed E-state index contributed by atoms with van der Waals surface area (Å²) in [5.74, 6) is -0.366. The first kappa shape index (κ1) is 15.7. The zero-order chi connectivity index (χ0) is 14.3. The van der Waals surface area contributed by atoms with Gasteiger partial charge in [-0.3, -0.25) is 10.1 Å². The summed E-state index contributed by atoms with van der Waals surface area (Å²) in [4.78, 5) is 18.0. The molecular weight excluding hydrogens is 242 g/mol. The summed E-state index contributed by atoms with van der Waals surface area (Å²) in [6.45, 7) is 10.7. The minimum atomic E-state index is -0.474. The van der Waals surface area contributed by atoms with E-state index in [1.807, 2.05) is 11.5 Å². The van der Waals surface area contributed by atoms with E-state index < -0.39 is 6.04 Å². The predicted molar refractivity (Wildman–Crippen MR) is 75.6 cm³/mol. The van der Waals surface area contributed by atoms with Crippen LogP contribution in [-0.4, -0.2) is 46.5 Å². The van der Waals surface area contributed by atoms with Gasteiger partial charge in [-0.15, -0.1) is 0 Å². The van der Waals surface area contributed by atoms with Gasteiger partial charge < -0.3 is 15.2 Å². The first-order valence-electron chi connectivity index (χ1n) is 6.89. The second-order valence-corrected chi connectivity index (χ2v) is 4.42. The van der Waals surface area contributed by atoms with Gasteiger partial charge in [0.2, 0.25) is 5.91 Å². The van der Waals surface area contributed by atoms with Crippen molar-refractivity contribution in [2.24, 2.45) is 5.73 Å². The lowest BCUT2D eigenvalue weighted by atomic mass is 10.2. The van der Waals surface area contributed by atoms with Crippen LogP contribution in [0.2, 0.25) is 0 Å². The van der Waals surface area contributed by atoms with Gasteiger partial charge in [-0.1, -0.05) is 13.8 Å². The largest absolute Gasteiger partial charge is 0.368 e. The summed E-state index contributed by atoms with van der Waals surface area (Å²) in [7, 11) is 0. The van der Waals surface area contributed by atoms with E-state index >= 15 is 0 Å². The molecule has 6 heteroatoms. The van der Waals surface area contributed by atoms with Crippen LogP contribution in [0.4, 0.5) is 0 Å². The number of nitrogens with one attached hydrogen (secondary N) is 1. The molecule has 1 amide bonds. The van der Waals surface area contributed by atoms with Gasteiger partial charge in [0.25, 0.3) is 0 Å². The summed E-state index contributed by atoms with van der Waals surface area (Å²) in [6.07, 6.45) is 3.42. The van der Waals surface area contributed by atoms with Gasteiger partial charge in [-0.05, 0) is 20.0 Å². The fraction of sp³-hybridized carbons (Fsp3) is 0.692. The van der Waals surface area contributed by atoms with E-state index in [1.54, 1.807) is 12.5 Å². The van der Waals surface area contributed by atoms with Gasteiger partial charge in [-0.2, -0.15) is 0 Å².